The molecule has 1 N–H and O–H groups in total. The first-order chi connectivity index (χ1) is 7.40. The van der Waals surface area contributed by atoms with Crippen LogP contribution < -0.4 is 4.74 Å². The monoisotopic (exact) mass is 244 g/mol. The van der Waals surface area contributed by atoms with E-state index in [1.807, 2.05) is 0 Å². The quantitative estimate of drug-likeness (QED) is 0.771. The van der Waals surface area contributed by atoms with Gasteiger partial charge >= 0.3 is 0 Å². The molecule has 0 aliphatic rings. The topological polar surface area (TPSA) is 80.7 Å². The zero-order valence-corrected chi connectivity index (χ0v) is 9.53. The predicted octanol–water partition coefficient (Wildman–Crippen LogP) is 0.695. The highest BCUT2D eigenvalue weighted by molar-refractivity contribution is 7.86. The lowest BCUT2D eigenvalue weighted by Gasteiger charge is -2.02. The van der Waals surface area contributed by atoms with Gasteiger partial charge in [0.1, 0.15) is 11.5 Å². The Morgan fingerprint density at radius 1 is 1.31 bits per heavy atom. The van der Waals surface area contributed by atoms with Crippen LogP contribution >= 0.6 is 0 Å². The lowest BCUT2D eigenvalue weighted by molar-refractivity contribution is -0.116. The van der Waals surface area contributed by atoms with Gasteiger partial charge in [-0.1, -0.05) is 12.1 Å². The summed E-state index contributed by atoms with van der Waals surface area (Å²) >= 11 is 0. The molecule has 0 saturated heterocycles. The molecule has 0 aliphatic heterocycles. The number of hydrogen-bond donors (Lipinski definition) is 1. The van der Waals surface area contributed by atoms with E-state index in [0.29, 0.717) is 11.3 Å². The number of hydrogen-bond acceptors (Lipinski definition) is 4. The van der Waals surface area contributed by atoms with Gasteiger partial charge in [-0.2, -0.15) is 8.42 Å². The van der Waals surface area contributed by atoms with Gasteiger partial charge in [-0.05, 0) is 17.7 Å². The van der Waals surface area contributed by atoms with Crippen molar-refractivity contribution in [1.29, 1.82) is 0 Å². The second-order valence-electron chi connectivity index (χ2n) is 3.29. The molecule has 0 aliphatic carbocycles. The van der Waals surface area contributed by atoms with E-state index in [4.69, 9.17) is 9.29 Å². The molecular formula is C10H12O5S. The van der Waals surface area contributed by atoms with Gasteiger partial charge in [0.2, 0.25) is 0 Å². The summed E-state index contributed by atoms with van der Waals surface area (Å²) in [6.07, 6.45) is -0.0240. The van der Waals surface area contributed by atoms with Crippen LogP contribution in [0, 0.1) is 0 Å². The molecule has 0 bridgehead atoms. The van der Waals surface area contributed by atoms with Gasteiger partial charge in [-0.3, -0.25) is 9.35 Å². The van der Waals surface area contributed by atoms with E-state index in [-0.39, 0.29) is 6.42 Å². The maximum Gasteiger partial charge on any atom is 0.272 e. The van der Waals surface area contributed by atoms with Gasteiger partial charge < -0.3 is 4.74 Å². The molecular weight excluding hydrogens is 232 g/mol. The second kappa shape index (κ2) is 5.09. The first kappa shape index (κ1) is 12.7. The van der Waals surface area contributed by atoms with Crippen molar-refractivity contribution < 1.29 is 22.5 Å². The minimum Gasteiger partial charge on any atom is -0.497 e. The molecule has 0 amide bonds. The van der Waals surface area contributed by atoms with E-state index in [2.05, 4.69) is 0 Å². The van der Waals surface area contributed by atoms with E-state index in [0.717, 1.165) is 0 Å². The summed E-state index contributed by atoms with van der Waals surface area (Å²) in [6, 6.07) is 6.69. The third-order valence-corrected chi connectivity index (χ3v) is 2.59. The summed E-state index contributed by atoms with van der Waals surface area (Å²) < 4.78 is 34.3. The summed E-state index contributed by atoms with van der Waals surface area (Å²) in [5, 5.41) is 0. The Morgan fingerprint density at radius 2 is 1.88 bits per heavy atom. The fourth-order valence-corrected chi connectivity index (χ4v) is 1.73. The minimum absolute atomic E-state index is 0.0240. The molecule has 1 aromatic rings. The maximum atomic E-state index is 11.2. The Labute approximate surface area is 93.8 Å². The second-order valence-corrected chi connectivity index (χ2v) is 4.74. The van der Waals surface area contributed by atoms with Gasteiger partial charge in [-0.25, -0.2) is 0 Å². The van der Waals surface area contributed by atoms with Crippen LogP contribution in [-0.4, -0.2) is 31.6 Å². The molecule has 0 unspecified atom stereocenters. The third-order valence-electron chi connectivity index (χ3n) is 1.90. The smallest absolute Gasteiger partial charge is 0.272 e. The van der Waals surface area contributed by atoms with Crippen molar-refractivity contribution in [3.8, 4) is 5.75 Å². The molecule has 0 saturated carbocycles. The fraction of sp³-hybridized carbons (Fsp3) is 0.300. The van der Waals surface area contributed by atoms with Crippen molar-refractivity contribution in [3.63, 3.8) is 0 Å². The van der Waals surface area contributed by atoms with Crippen molar-refractivity contribution in [2.24, 2.45) is 0 Å². The van der Waals surface area contributed by atoms with Crippen LogP contribution in [0.3, 0.4) is 0 Å². The van der Waals surface area contributed by atoms with Crippen LogP contribution in [0.25, 0.3) is 0 Å². The predicted molar refractivity (Wildman–Crippen MR) is 58.1 cm³/mol. The molecule has 1 rings (SSSR count). The average Bonchev–Trinajstić information content (AvgIpc) is 2.16. The first-order valence-electron chi connectivity index (χ1n) is 4.50. The van der Waals surface area contributed by atoms with Crippen LogP contribution in [0.15, 0.2) is 24.3 Å². The Kier molecular flexibility index (Phi) is 4.03. The number of methoxy groups -OCH3 is 1. The zero-order chi connectivity index (χ0) is 12.2. The minimum atomic E-state index is -4.23. The number of carbonyl (C=O) groups excluding carboxylic acids is 1. The first-order valence-corrected chi connectivity index (χ1v) is 6.11. The number of ether oxygens (including phenoxy) is 1. The van der Waals surface area contributed by atoms with Crippen molar-refractivity contribution in [1.82, 2.24) is 0 Å². The lowest BCUT2D eigenvalue weighted by Crippen LogP contribution is -2.16. The molecule has 0 fully saturated rings. The highest BCUT2D eigenvalue weighted by Gasteiger charge is 2.13. The molecule has 5 nitrogen and oxygen atoms in total. The third kappa shape index (κ3) is 4.41. The summed E-state index contributed by atoms with van der Waals surface area (Å²) in [7, 11) is -2.70. The lowest BCUT2D eigenvalue weighted by atomic mass is 10.1. The Hall–Kier alpha value is -1.40. The van der Waals surface area contributed by atoms with E-state index in [9.17, 15) is 13.2 Å². The van der Waals surface area contributed by atoms with E-state index in [1.54, 1.807) is 24.3 Å². The van der Waals surface area contributed by atoms with Crippen LogP contribution in [0.4, 0.5) is 0 Å². The summed E-state index contributed by atoms with van der Waals surface area (Å²) in [4.78, 5) is 11.2. The normalized spacial score (nSPS) is 11.1. The van der Waals surface area contributed by atoms with E-state index in [1.165, 1.54) is 7.11 Å². The zero-order valence-electron chi connectivity index (χ0n) is 8.71. The number of Topliss-reactive ketones (excluding diaryl/α,β-unsaturated/α-hetero) is 1. The number of rotatable bonds is 5. The van der Waals surface area contributed by atoms with Crippen LogP contribution in [0.2, 0.25) is 0 Å². The molecule has 88 valence electrons. The Balaban J connectivity index is 2.63. The van der Waals surface area contributed by atoms with Crippen LogP contribution in [0.5, 0.6) is 5.75 Å². The molecule has 6 heteroatoms. The number of ketones is 1. The SMILES string of the molecule is COc1ccc(CC(=O)CS(=O)(=O)O)cc1. The average molecular weight is 244 g/mol. The van der Waals surface area contributed by atoms with E-state index < -0.39 is 21.7 Å². The highest BCUT2D eigenvalue weighted by Crippen LogP contribution is 2.11. The van der Waals surface area contributed by atoms with Gasteiger partial charge in [0.25, 0.3) is 10.1 Å². The van der Waals surface area contributed by atoms with Gasteiger partial charge in [0, 0.05) is 6.42 Å². The standard InChI is InChI=1S/C10H12O5S/c1-15-10-4-2-8(3-5-10)6-9(11)7-16(12,13)14/h2-5H,6-7H2,1H3,(H,12,13,14). The van der Waals surface area contributed by atoms with Crippen molar-refractivity contribution in [3.05, 3.63) is 29.8 Å². The molecule has 0 atom stereocenters. The van der Waals surface area contributed by atoms with Crippen molar-refractivity contribution in [2.75, 3.05) is 12.9 Å². The van der Waals surface area contributed by atoms with Gasteiger partial charge in [0.15, 0.2) is 5.78 Å². The molecule has 16 heavy (non-hydrogen) atoms. The fourth-order valence-electron chi connectivity index (χ4n) is 1.23. The maximum absolute atomic E-state index is 11.2. The molecule has 1 aromatic carbocycles. The summed E-state index contributed by atoms with van der Waals surface area (Å²) in [6.45, 7) is 0. The molecule has 0 radical (unpaired) electrons. The molecule has 0 heterocycles. The van der Waals surface area contributed by atoms with Gasteiger partial charge in [0.05, 0.1) is 7.11 Å². The molecule has 0 spiro atoms. The number of carbonyl (C=O) groups is 1. The van der Waals surface area contributed by atoms with Gasteiger partial charge in [-0.15, -0.1) is 0 Å². The summed E-state index contributed by atoms with van der Waals surface area (Å²) in [5.74, 6) is -0.738. The Morgan fingerprint density at radius 3 is 2.31 bits per heavy atom. The van der Waals surface area contributed by atoms with Crippen LogP contribution in [-0.2, 0) is 21.3 Å². The summed E-state index contributed by atoms with van der Waals surface area (Å²) in [5.41, 5.74) is 0.675. The Bertz CT molecular complexity index is 460. The largest absolute Gasteiger partial charge is 0.497 e. The van der Waals surface area contributed by atoms with Crippen molar-refractivity contribution in [2.45, 2.75) is 6.42 Å². The van der Waals surface area contributed by atoms with E-state index >= 15 is 0 Å². The number of benzene rings is 1. The highest BCUT2D eigenvalue weighted by atomic mass is 32.2. The molecule has 0 aromatic heterocycles. The van der Waals surface area contributed by atoms with Crippen molar-refractivity contribution >= 4 is 15.9 Å². The van der Waals surface area contributed by atoms with Crippen LogP contribution in [0.1, 0.15) is 5.56 Å².